The molecule has 0 spiro atoms. The Morgan fingerprint density at radius 3 is 2.83 bits per heavy atom. The molecular weight excluding hydrogens is 363 g/mol. The van der Waals surface area contributed by atoms with E-state index in [1.807, 2.05) is 12.1 Å². The largest absolute Gasteiger partial charge is 0.497 e. The van der Waals surface area contributed by atoms with Gasteiger partial charge in [0, 0.05) is 5.41 Å². The van der Waals surface area contributed by atoms with Gasteiger partial charge in [-0.1, -0.05) is 25.1 Å². The summed E-state index contributed by atoms with van der Waals surface area (Å²) in [5.74, 6) is 2.41. The van der Waals surface area contributed by atoms with E-state index >= 15 is 0 Å². The summed E-state index contributed by atoms with van der Waals surface area (Å²) in [5.41, 5.74) is 4.26. The van der Waals surface area contributed by atoms with Crippen molar-refractivity contribution in [1.82, 2.24) is 0 Å². The van der Waals surface area contributed by atoms with Crippen molar-refractivity contribution in [3.8, 4) is 5.75 Å². The number of benzene rings is 2. The molecule has 0 saturated heterocycles. The van der Waals surface area contributed by atoms with Crippen molar-refractivity contribution >= 4 is 11.9 Å². The van der Waals surface area contributed by atoms with E-state index in [1.54, 1.807) is 13.2 Å². The molecule has 0 radical (unpaired) electrons. The van der Waals surface area contributed by atoms with Crippen LogP contribution < -0.4 is 4.74 Å². The molecule has 29 heavy (non-hydrogen) atoms. The summed E-state index contributed by atoms with van der Waals surface area (Å²) in [4.78, 5) is 13.4. The number of allylic oxidation sites excluding steroid dienone is 1. The SMILES string of the molecule is COc1ccc2c(c1)CCC1C2CCC2(C)C(=O)C(=Cc3cccc(F)c3)CC12. The molecule has 3 aliphatic carbocycles. The molecule has 4 unspecified atom stereocenters. The van der Waals surface area contributed by atoms with Gasteiger partial charge in [0.25, 0.3) is 0 Å². The Morgan fingerprint density at radius 2 is 2.03 bits per heavy atom. The second-order valence-corrected chi connectivity index (χ2v) is 9.19. The fourth-order valence-corrected chi connectivity index (χ4v) is 6.28. The maximum absolute atomic E-state index is 13.6. The second kappa shape index (κ2) is 6.83. The molecule has 3 aliphatic rings. The first kappa shape index (κ1) is 18.6. The lowest BCUT2D eigenvalue weighted by Gasteiger charge is -2.48. The van der Waals surface area contributed by atoms with Crippen LogP contribution in [0.15, 0.2) is 48.0 Å². The first-order valence-corrected chi connectivity index (χ1v) is 10.7. The number of carbonyl (C=O) groups is 1. The van der Waals surface area contributed by atoms with Crippen molar-refractivity contribution < 1.29 is 13.9 Å². The van der Waals surface area contributed by atoms with Gasteiger partial charge in [0.1, 0.15) is 11.6 Å². The normalized spacial score (nSPS) is 31.9. The van der Waals surface area contributed by atoms with Crippen LogP contribution in [0.3, 0.4) is 0 Å². The molecule has 2 nitrogen and oxygen atoms in total. The van der Waals surface area contributed by atoms with E-state index in [2.05, 4.69) is 25.1 Å². The first-order valence-electron chi connectivity index (χ1n) is 10.7. The number of ketones is 1. The van der Waals surface area contributed by atoms with Crippen LogP contribution in [0.25, 0.3) is 6.08 Å². The third-order valence-corrected chi connectivity index (χ3v) is 7.76. The number of rotatable bonds is 2. The number of carbonyl (C=O) groups excluding carboxylic acids is 1. The van der Waals surface area contributed by atoms with Crippen molar-refractivity contribution in [1.29, 1.82) is 0 Å². The fraction of sp³-hybridized carbons (Fsp3) is 0.423. The predicted octanol–water partition coefficient (Wildman–Crippen LogP) is 5.95. The van der Waals surface area contributed by atoms with Gasteiger partial charge >= 0.3 is 0 Å². The number of hydrogen-bond donors (Lipinski definition) is 0. The summed E-state index contributed by atoms with van der Waals surface area (Å²) in [7, 11) is 1.72. The van der Waals surface area contributed by atoms with E-state index in [4.69, 9.17) is 4.74 Å². The maximum Gasteiger partial charge on any atom is 0.165 e. The minimum absolute atomic E-state index is 0.257. The van der Waals surface area contributed by atoms with Crippen molar-refractivity contribution in [2.45, 2.75) is 44.9 Å². The number of hydrogen-bond acceptors (Lipinski definition) is 2. The Hall–Kier alpha value is -2.42. The number of fused-ring (bicyclic) bond motifs is 5. The van der Waals surface area contributed by atoms with Gasteiger partial charge in [-0.15, -0.1) is 0 Å². The van der Waals surface area contributed by atoms with Crippen LogP contribution in [0, 0.1) is 23.1 Å². The highest BCUT2D eigenvalue weighted by atomic mass is 19.1. The van der Waals surface area contributed by atoms with E-state index in [-0.39, 0.29) is 17.0 Å². The van der Waals surface area contributed by atoms with Crippen LogP contribution in [0.1, 0.15) is 55.2 Å². The molecule has 2 saturated carbocycles. The zero-order chi connectivity index (χ0) is 20.2. The van der Waals surface area contributed by atoms with E-state index in [0.717, 1.165) is 49.0 Å². The number of halogens is 1. The molecule has 0 bridgehead atoms. The van der Waals surface area contributed by atoms with Crippen LogP contribution in [-0.2, 0) is 11.2 Å². The molecule has 2 fully saturated rings. The van der Waals surface area contributed by atoms with E-state index in [0.29, 0.717) is 17.8 Å². The number of Topliss-reactive ketones (excluding diaryl/α,β-unsaturated/α-hetero) is 1. The summed E-state index contributed by atoms with van der Waals surface area (Å²) in [6.45, 7) is 2.17. The molecule has 4 atom stereocenters. The molecule has 0 aromatic heterocycles. The molecule has 0 heterocycles. The topological polar surface area (TPSA) is 26.3 Å². The van der Waals surface area contributed by atoms with E-state index in [1.165, 1.54) is 23.3 Å². The Balaban J connectivity index is 1.48. The fourth-order valence-electron chi connectivity index (χ4n) is 6.28. The zero-order valence-corrected chi connectivity index (χ0v) is 17.1. The van der Waals surface area contributed by atoms with Crippen LogP contribution in [0.2, 0.25) is 0 Å². The number of ether oxygens (including phenoxy) is 1. The Labute approximate surface area is 171 Å². The van der Waals surface area contributed by atoms with Crippen molar-refractivity contribution in [2.24, 2.45) is 17.3 Å². The predicted molar refractivity (Wildman–Crippen MR) is 112 cm³/mol. The van der Waals surface area contributed by atoms with E-state index < -0.39 is 0 Å². The van der Waals surface area contributed by atoms with Crippen molar-refractivity contribution in [2.75, 3.05) is 7.11 Å². The van der Waals surface area contributed by atoms with Crippen molar-refractivity contribution in [3.05, 3.63) is 70.5 Å². The lowest BCUT2D eigenvalue weighted by molar-refractivity contribution is -0.127. The smallest absolute Gasteiger partial charge is 0.165 e. The molecule has 0 N–H and O–H groups in total. The molecule has 0 aliphatic heterocycles. The third-order valence-electron chi connectivity index (χ3n) is 7.76. The van der Waals surface area contributed by atoms with E-state index in [9.17, 15) is 9.18 Å². The van der Waals surface area contributed by atoms with Crippen LogP contribution in [0.5, 0.6) is 5.75 Å². The Bertz CT molecular complexity index is 1010. The standard InChI is InChI=1S/C26H27FO2/c1-26-11-10-22-21-9-7-20(29-2)14-17(21)6-8-23(22)24(26)15-18(25(26)28)12-16-4-3-5-19(27)13-16/h3-5,7,9,12-14,22-24H,6,8,10-11,15H2,1-2H3. The molecular formula is C26H27FO2. The summed E-state index contributed by atoms with van der Waals surface area (Å²) < 4.78 is 19.0. The minimum atomic E-state index is -0.274. The first-order chi connectivity index (χ1) is 14.0. The monoisotopic (exact) mass is 390 g/mol. The highest BCUT2D eigenvalue weighted by molar-refractivity contribution is 6.06. The van der Waals surface area contributed by atoms with Gasteiger partial charge in [0.05, 0.1) is 7.11 Å². The molecule has 2 aromatic rings. The third kappa shape index (κ3) is 2.94. The Kier molecular flexibility index (Phi) is 4.38. The van der Waals surface area contributed by atoms with Crippen molar-refractivity contribution in [3.63, 3.8) is 0 Å². The molecule has 3 heteroatoms. The molecule has 0 amide bonds. The average molecular weight is 390 g/mol. The van der Waals surface area contributed by atoms with Gasteiger partial charge in [-0.3, -0.25) is 4.79 Å². The second-order valence-electron chi connectivity index (χ2n) is 9.19. The highest BCUT2D eigenvalue weighted by Gasteiger charge is 2.56. The zero-order valence-electron chi connectivity index (χ0n) is 17.1. The number of methoxy groups -OCH3 is 1. The van der Waals surface area contributed by atoms with Crippen LogP contribution in [-0.4, -0.2) is 12.9 Å². The number of aryl methyl sites for hydroxylation is 1. The van der Waals surface area contributed by atoms with Gasteiger partial charge in [-0.25, -0.2) is 4.39 Å². The van der Waals surface area contributed by atoms with Crippen LogP contribution >= 0.6 is 0 Å². The van der Waals surface area contributed by atoms with Gasteiger partial charge < -0.3 is 4.74 Å². The molecule has 5 rings (SSSR count). The lowest BCUT2D eigenvalue weighted by Crippen LogP contribution is -2.42. The average Bonchev–Trinajstić information content (AvgIpc) is 2.98. The quantitative estimate of drug-likeness (QED) is 0.592. The highest BCUT2D eigenvalue weighted by Crippen LogP contribution is 2.60. The summed E-state index contributed by atoms with van der Waals surface area (Å²) >= 11 is 0. The van der Waals surface area contributed by atoms with Crippen LogP contribution in [0.4, 0.5) is 4.39 Å². The van der Waals surface area contributed by atoms with Gasteiger partial charge in [-0.05, 0) is 102 Å². The van der Waals surface area contributed by atoms with Gasteiger partial charge in [-0.2, -0.15) is 0 Å². The Morgan fingerprint density at radius 1 is 1.17 bits per heavy atom. The molecule has 150 valence electrons. The summed E-state index contributed by atoms with van der Waals surface area (Å²) in [5, 5.41) is 0. The lowest BCUT2D eigenvalue weighted by atomic mass is 9.55. The van der Waals surface area contributed by atoms with Gasteiger partial charge in [0.15, 0.2) is 5.78 Å². The van der Waals surface area contributed by atoms with Gasteiger partial charge in [0.2, 0.25) is 0 Å². The minimum Gasteiger partial charge on any atom is -0.497 e. The molecule has 2 aromatic carbocycles. The maximum atomic E-state index is 13.6. The summed E-state index contributed by atoms with van der Waals surface area (Å²) in [6.07, 6.45) is 6.92. The summed E-state index contributed by atoms with van der Waals surface area (Å²) in [6, 6.07) is 13.0.